The van der Waals surface area contributed by atoms with E-state index in [1.165, 1.54) is 23.6 Å². The lowest BCUT2D eigenvalue weighted by Crippen LogP contribution is -1.88. The Morgan fingerprint density at radius 3 is 3.08 bits per heavy atom. The third kappa shape index (κ3) is 1.61. The number of halogens is 1. The van der Waals surface area contributed by atoms with E-state index in [2.05, 4.69) is 32.6 Å². The van der Waals surface area contributed by atoms with E-state index in [1.807, 2.05) is 0 Å². The average Bonchev–Trinajstić information content (AvgIpc) is 2.42. The van der Waals surface area contributed by atoms with Crippen molar-refractivity contribution in [2.24, 2.45) is 0 Å². The highest BCUT2D eigenvalue weighted by atomic mass is 127. The minimum atomic E-state index is -0.474. The second-order valence-electron chi connectivity index (χ2n) is 2.24. The van der Waals surface area contributed by atoms with E-state index >= 15 is 0 Å². The van der Waals surface area contributed by atoms with Gasteiger partial charge in [0.05, 0.1) is 4.92 Å². The number of hydrogen-bond donors (Lipinski definition) is 0. The maximum atomic E-state index is 10.4. The van der Waals surface area contributed by atoms with Crippen molar-refractivity contribution in [1.82, 2.24) is 9.97 Å². The predicted molar refractivity (Wildman–Crippen MR) is 56.8 cm³/mol. The molecule has 0 N–H and O–H groups in total. The second kappa shape index (κ2) is 3.14. The number of thiazole rings is 1. The minimum Gasteiger partial charge on any atom is -0.258 e. The molecule has 0 saturated carbocycles. The summed E-state index contributed by atoms with van der Waals surface area (Å²) in [6.45, 7) is 0. The summed E-state index contributed by atoms with van der Waals surface area (Å²) in [5.41, 5.74) is 0.567. The fourth-order valence-corrected chi connectivity index (χ4v) is 2.39. The molecule has 0 radical (unpaired) electrons. The molecule has 0 aliphatic carbocycles. The summed E-state index contributed by atoms with van der Waals surface area (Å²) in [5.74, 6) is 0. The number of aromatic nitrogens is 2. The van der Waals surface area contributed by atoms with Crippen molar-refractivity contribution < 1.29 is 4.92 Å². The van der Waals surface area contributed by atoms with Crippen molar-refractivity contribution in [1.29, 1.82) is 0 Å². The Labute approximate surface area is 90.1 Å². The molecular formula is C6H2IN3O2S. The Morgan fingerprint density at radius 1 is 1.62 bits per heavy atom. The van der Waals surface area contributed by atoms with Gasteiger partial charge < -0.3 is 0 Å². The number of pyridine rings is 1. The number of hydrogen-bond acceptors (Lipinski definition) is 5. The lowest BCUT2D eigenvalue weighted by molar-refractivity contribution is -0.385. The highest BCUT2D eigenvalue weighted by Crippen LogP contribution is 2.23. The van der Waals surface area contributed by atoms with Crippen LogP contribution in [0.3, 0.4) is 0 Å². The molecule has 0 fully saturated rings. The third-order valence-electron chi connectivity index (χ3n) is 1.42. The van der Waals surface area contributed by atoms with Crippen LogP contribution in [0.2, 0.25) is 0 Å². The van der Waals surface area contributed by atoms with E-state index in [0.717, 1.165) is 7.84 Å². The largest absolute Gasteiger partial charge is 0.289 e. The monoisotopic (exact) mass is 307 g/mol. The number of rotatable bonds is 1. The van der Waals surface area contributed by atoms with E-state index in [4.69, 9.17) is 0 Å². The van der Waals surface area contributed by atoms with E-state index < -0.39 is 4.92 Å². The Kier molecular flexibility index (Phi) is 2.12. The molecule has 5 nitrogen and oxygen atoms in total. The molecular weight excluding hydrogens is 305 g/mol. The Balaban J connectivity index is 2.67. The molecule has 2 heterocycles. The van der Waals surface area contributed by atoms with E-state index in [0.29, 0.717) is 5.52 Å². The van der Waals surface area contributed by atoms with Crippen molar-refractivity contribution in [3.8, 4) is 0 Å². The minimum absolute atomic E-state index is 0.0193. The lowest BCUT2D eigenvalue weighted by Gasteiger charge is -1.88. The number of fused-ring (bicyclic) bond motifs is 1. The molecule has 0 aliphatic heterocycles. The van der Waals surface area contributed by atoms with Crippen molar-refractivity contribution >= 4 is 50.0 Å². The molecule has 0 unspecified atom stereocenters. The van der Waals surface area contributed by atoms with Gasteiger partial charge in [0, 0.05) is 6.07 Å². The van der Waals surface area contributed by atoms with Crippen molar-refractivity contribution in [3.63, 3.8) is 0 Å². The summed E-state index contributed by atoms with van der Waals surface area (Å²) in [4.78, 5) is 18.7. The number of nitrogens with zero attached hydrogens (tertiary/aromatic N) is 3. The fourth-order valence-electron chi connectivity index (χ4n) is 0.886. The van der Waals surface area contributed by atoms with Crippen LogP contribution in [0.25, 0.3) is 10.3 Å². The zero-order valence-electron chi connectivity index (χ0n) is 6.10. The van der Waals surface area contributed by atoms with Crippen molar-refractivity contribution in [2.75, 3.05) is 0 Å². The molecule has 2 aromatic rings. The molecule has 2 rings (SSSR count). The van der Waals surface area contributed by atoms with Crippen LogP contribution in [0.15, 0.2) is 12.3 Å². The molecule has 7 heteroatoms. The Morgan fingerprint density at radius 2 is 2.38 bits per heavy atom. The van der Waals surface area contributed by atoms with Gasteiger partial charge in [-0.25, -0.2) is 9.97 Å². The quantitative estimate of drug-likeness (QED) is 0.460. The topological polar surface area (TPSA) is 68.9 Å². The smallest absolute Gasteiger partial charge is 0.258 e. The van der Waals surface area contributed by atoms with Gasteiger partial charge >= 0.3 is 0 Å². The maximum Gasteiger partial charge on any atom is 0.289 e. The van der Waals surface area contributed by atoms with Gasteiger partial charge in [-0.3, -0.25) is 10.1 Å². The van der Waals surface area contributed by atoms with Crippen LogP contribution >= 0.6 is 33.9 Å². The van der Waals surface area contributed by atoms with Crippen LogP contribution in [-0.2, 0) is 0 Å². The standard InChI is InChI=1S/C6H2IN3O2S/c7-6-9-4-1-3(10(11)12)2-8-5(4)13-6/h1-2H. The zero-order chi connectivity index (χ0) is 9.42. The summed E-state index contributed by atoms with van der Waals surface area (Å²) in [6, 6.07) is 1.43. The first-order valence-electron chi connectivity index (χ1n) is 3.23. The highest BCUT2D eigenvalue weighted by Gasteiger charge is 2.09. The van der Waals surface area contributed by atoms with Crippen LogP contribution in [0, 0.1) is 13.1 Å². The van der Waals surface area contributed by atoms with Crippen LogP contribution in [0.5, 0.6) is 0 Å². The van der Waals surface area contributed by atoms with Gasteiger partial charge in [-0.2, -0.15) is 0 Å². The molecule has 0 aromatic carbocycles. The SMILES string of the molecule is O=[N+]([O-])c1cnc2sc(I)nc2c1. The molecule has 0 amide bonds. The van der Waals surface area contributed by atoms with Crippen LogP contribution in [0.1, 0.15) is 0 Å². The molecule has 0 atom stereocenters. The van der Waals surface area contributed by atoms with Gasteiger partial charge in [-0.15, -0.1) is 0 Å². The Bertz CT molecular complexity index is 484. The first-order valence-corrected chi connectivity index (χ1v) is 5.13. The predicted octanol–water partition coefficient (Wildman–Crippen LogP) is 2.20. The first kappa shape index (κ1) is 8.75. The van der Waals surface area contributed by atoms with Gasteiger partial charge in [-0.05, 0) is 22.6 Å². The molecule has 13 heavy (non-hydrogen) atoms. The van der Waals surface area contributed by atoms with E-state index in [-0.39, 0.29) is 5.69 Å². The van der Waals surface area contributed by atoms with Crippen LogP contribution < -0.4 is 0 Å². The maximum absolute atomic E-state index is 10.4. The normalized spacial score (nSPS) is 10.5. The van der Waals surface area contributed by atoms with E-state index in [9.17, 15) is 10.1 Å². The highest BCUT2D eigenvalue weighted by molar-refractivity contribution is 14.1. The van der Waals surface area contributed by atoms with Gasteiger partial charge in [0.15, 0.2) is 3.01 Å². The molecule has 0 saturated heterocycles. The third-order valence-corrected chi connectivity index (χ3v) is 3.09. The Hall–Kier alpha value is -0.830. The van der Waals surface area contributed by atoms with Crippen molar-refractivity contribution in [2.45, 2.75) is 0 Å². The summed E-state index contributed by atoms with van der Waals surface area (Å²) in [5, 5.41) is 10.4. The fraction of sp³-hybridized carbons (Fsp3) is 0. The van der Waals surface area contributed by atoms with Crippen LogP contribution in [-0.4, -0.2) is 14.9 Å². The molecule has 0 spiro atoms. The lowest BCUT2D eigenvalue weighted by atomic mass is 10.4. The molecule has 2 aromatic heterocycles. The zero-order valence-corrected chi connectivity index (χ0v) is 9.07. The van der Waals surface area contributed by atoms with Crippen LogP contribution in [0.4, 0.5) is 5.69 Å². The van der Waals surface area contributed by atoms with E-state index in [1.54, 1.807) is 0 Å². The molecule has 0 bridgehead atoms. The summed E-state index contributed by atoms with van der Waals surface area (Å²) in [7, 11) is 0. The first-order chi connectivity index (χ1) is 6.16. The van der Waals surface area contributed by atoms with Crippen molar-refractivity contribution in [3.05, 3.63) is 25.4 Å². The van der Waals surface area contributed by atoms with Gasteiger partial charge in [0.2, 0.25) is 0 Å². The number of nitro groups is 1. The summed E-state index contributed by atoms with van der Waals surface area (Å²) < 4.78 is 0.834. The molecule has 0 aliphatic rings. The summed E-state index contributed by atoms with van der Waals surface area (Å²) in [6.07, 6.45) is 1.25. The average molecular weight is 307 g/mol. The summed E-state index contributed by atoms with van der Waals surface area (Å²) >= 11 is 3.47. The molecule has 66 valence electrons. The second-order valence-corrected chi connectivity index (χ2v) is 4.97. The van der Waals surface area contributed by atoms with Gasteiger partial charge in [0.25, 0.3) is 5.69 Å². The van der Waals surface area contributed by atoms with Gasteiger partial charge in [-0.1, -0.05) is 11.3 Å². The van der Waals surface area contributed by atoms with Gasteiger partial charge in [0.1, 0.15) is 16.5 Å².